The Morgan fingerprint density at radius 2 is 1.58 bits per heavy atom. The number of pyridine rings is 1. The minimum absolute atomic E-state index is 0.325. The molecule has 0 saturated carbocycles. The first-order chi connectivity index (χ1) is 15.6. The minimum Gasteiger partial charge on any atom is -0.496 e. The highest BCUT2D eigenvalue weighted by atomic mass is 32.2. The van der Waals surface area contributed by atoms with Gasteiger partial charge in [-0.3, -0.25) is 4.98 Å². The third-order valence-electron chi connectivity index (χ3n) is 4.58. The summed E-state index contributed by atoms with van der Waals surface area (Å²) in [6, 6.07) is 11.6. The molecule has 0 unspecified atom stereocenters. The van der Waals surface area contributed by atoms with Crippen molar-refractivity contribution in [1.82, 2.24) is 4.98 Å². The van der Waals surface area contributed by atoms with E-state index in [1.165, 1.54) is 12.1 Å². The molecule has 2 amide bonds. The van der Waals surface area contributed by atoms with Gasteiger partial charge >= 0.3 is 12.4 Å². The van der Waals surface area contributed by atoms with E-state index < -0.39 is 12.4 Å². The van der Waals surface area contributed by atoms with Crippen LogP contribution in [0, 0.1) is 13.8 Å². The van der Waals surface area contributed by atoms with Crippen molar-refractivity contribution in [2.45, 2.75) is 30.9 Å². The number of thioether (sulfide) groups is 1. The number of ether oxygens (including phenoxy) is 2. The number of carbonyl (C=O) groups excluding carboxylic acids is 1. The van der Waals surface area contributed by atoms with Crippen LogP contribution in [0.3, 0.4) is 0 Å². The molecule has 0 spiro atoms. The van der Waals surface area contributed by atoms with Crippen molar-refractivity contribution in [3.05, 3.63) is 71.5 Å². The number of benzene rings is 2. The number of urea groups is 1. The first-order valence-electron chi connectivity index (χ1n) is 9.80. The largest absolute Gasteiger partial charge is 0.573 e. The van der Waals surface area contributed by atoms with E-state index in [0.29, 0.717) is 17.1 Å². The van der Waals surface area contributed by atoms with Gasteiger partial charge in [0.05, 0.1) is 12.8 Å². The minimum atomic E-state index is -4.76. The van der Waals surface area contributed by atoms with Gasteiger partial charge in [-0.1, -0.05) is 0 Å². The van der Waals surface area contributed by atoms with Crippen molar-refractivity contribution >= 4 is 29.2 Å². The van der Waals surface area contributed by atoms with Crippen LogP contribution in [-0.2, 0) is 5.75 Å². The smallest absolute Gasteiger partial charge is 0.496 e. The van der Waals surface area contributed by atoms with E-state index in [0.717, 1.165) is 39.6 Å². The van der Waals surface area contributed by atoms with Crippen molar-refractivity contribution in [1.29, 1.82) is 0 Å². The van der Waals surface area contributed by atoms with Gasteiger partial charge in [0, 0.05) is 39.3 Å². The molecule has 0 aliphatic rings. The molecule has 1 heterocycles. The monoisotopic (exact) mass is 477 g/mol. The third-order valence-corrected chi connectivity index (χ3v) is 5.61. The number of methoxy groups -OCH3 is 1. The Balaban J connectivity index is 1.52. The number of carbonyl (C=O) groups is 1. The molecule has 0 aliphatic heterocycles. The highest BCUT2D eigenvalue weighted by molar-refractivity contribution is 7.98. The number of halogens is 3. The number of hydrogen-bond acceptors (Lipinski definition) is 5. The lowest BCUT2D eigenvalue weighted by Crippen LogP contribution is -2.19. The van der Waals surface area contributed by atoms with Gasteiger partial charge in [0.2, 0.25) is 0 Å². The Morgan fingerprint density at radius 3 is 2.12 bits per heavy atom. The molecular weight excluding hydrogens is 455 g/mol. The van der Waals surface area contributed by atoms with Crippen molar-refractivity contribution < 1.29 is 27.4 Å². The van der Waals surface area contributed by atoms with E-state index in [9.17, 15) is 18.0 Å². The predicted octanol–water partition coefficient (Wildman–Crippen LogP) is 6.54. The molecule has 0 saturated heterocycles. The summed E-state index contributed by atoms with van der Waals surface area (Å²) in [5, 5.41) is 5.23. The third kappa shape index (κ3) is 7.04. The Kier molecular flexibility index (Phi) is 7.70. The van der Waals surface area contributed by atoms with Gasteiger partial charge in [-0.25, -0.2) is 4.79 Å². The number of nitrogens with one attached hydrogen (secondary N) is 2. The summed E-state index contributed by atoms with van der Waals surface area (Å²) in [5.41, 5.74) is 3.84. The number of aromatic nitrogens is 1. The van der Waals surface area contributed by atoms with Gasteiger partial charge in [0.15, 0.2) is 0 Å². The summed E-state index contributed by atoms with van der Waals surface area (Å²) in [5.74, 6) is 1.15. The van der Waals surface area contributed by atoms with Gasteiger partial charge in [0.1, 0.15) is 11.5 Å². The average Bonchev–Trinajstić information content (AvgIpc) is 2.75. The zero-order valence-electron chi connectivity index (χ0n) is 18.1. The van der Waals surface area contributed by atoms with Crippen LogP contribution in [0.4, 0.5) is 29.3 Å². The van der Waals surface area contributed by atoms with Crippen molar-refractivity contribution in [3.8, 4) is 11.5 Å². The highest BCUT2D eigenvalue weighted by Crippen LogP contribution is 2.30. The second kappa shape index (κ2) is 10.5. The molecule has 0 bridgehead atoms. The first-order valence-corrected chi connectivity index (χ1v) is 10.8. The molecule has 2 N–H and O–H groups in total. The summed E-state index contributed by atoms with van der Waals surface area (Å²) in [7, 11) is 1.64. The molecule has 6 nitrogen and oxygen atoms in total. The van der Waals surface area contributed by atoms with Crippen LogP contribution >= 0.6 is 11.8 Å². The number of anilines is 2. The van der Waals surface area contributed by atoms with Crippen LogP contribution in [0.1, 0.15) is 16.8 Å². The maximum atomic E-state index is 12.2. The summed E-state index contributed by atoms with van der Waals surface area (Å²) in [6.45, 7) is 3.94. The van der Waals surface area contributed by atoms with Gasteiger partial charge in [-0.15, -0.1) is 24.9 Å². The lowest BCUT2D eigenvalue weighted by molar-refractivity contribution is -0.274. The molecule has 1 aromatic heterocycles. The molecule has 0 aliphatic carbocycles. The standard InChI is InChI=1S/C23H22F3N3O3S/c1-14-12-27-20(15(2)21(14)31-3)13-33-19-10-6-17(7-11-19)29-22(30)28-16-4-8-18(9-5-16)32-23(24,25)26/h4-12H,13H2,1-3H3,(H2,28,29,30). The first kappa shape index (κ1) is 24.2. The Labute approximate surface area is 193 Å². The fourth-order valence-electron chi connectivity index (χ4n) is 3.04. The lowest BCUT2D eigenvalue weighted by atomic mass is 10.1. The maximum absolute atomic E-state index is 12.2. The summed E-state index contributed by atoms with van der Waals surface area (Å²) in [6.07, 6.45) is -2.97. The number of alkyl halides is 3. The summed E-state index contributed by atoms with van der Waals surface area (Å²) in [4.78, 5) is 17.7. The van der Waals surface area contributed by atoms with Gasteiger partial charge in [0.25, 0.3) is 0 Å². The van der Waals surface area contributed by atoms with E-state index in [1.54, 1.807) is 37.2 Å². The second-order valence-electron chi connectivity index (χ2n) is 7.01. The van der Waals surface area contributed by atoms with Crippen molar-refractivity contribution in [2.24, 2.45) is 0 Å². The fourth-order valence-corrected chi connectivity index (χ4v) is 3.96. The number of amides is 2. The second-order valence-corrected chi connectivity index (χ2v) is 8.06. The fraction of sp³-hybridized carbons (Fsp3) is 0.217. The molecule has 0 fully saturated rings. The van der Waals surface area contributed by atoms with E-state index >= 15 is 0 Å². The molecule has 2 aromatic carbocycles. The number of rotatable bonds is 7. The quantitative estimate of drug-likeness (QED) is 0.378. The number of nitrogens with zero attached hydrogens (tertiary/aromatic N) is 1. The number of hydrogen-bond donors (Lipinski definition) is 2. The SMILES string of the molecule is COc1c(C)cnc(CSc2ccc(NC(=O)Nc3ccc(OC(F)(F)F)cc3)cc2)c1C. The van der Waals surface area contributed by atoms with Crippen LogP contribution in [0.2, 0.25) is 0 Å². The summed E-state index contributed by atoms with van der Waals surface area (Å²) < 4.78 is 45.9. The zero-order valence-corrected chi connectivity index (χ0v) is 18.9. The molecular formula is C23H22F3N3O3S. The van der Waals surface area contributed by atoms with Crippen LogP contribution in [0.15, 0.2) is 59.6 Å². The van der Waals surface area contributed by atoms with E-state index in [-0.39, 0.29) is 5.75 Å². The van der Waals surface area contributed by atoms with Crippen LogP contribution < -0.4 is 20.1 Å². The average molecular weight is 478 g/mol. The normalized spacial score (nSPS) is 11.1. The molecule has 10 heteroatoms. The molecule has 3 rings (SSSR count). The Bertz CT molecular complexity index is 1100. The van der Waals surface area contributed by atoms with E-state index in [4.69, 9.17) is 4.74 Å². The van der Waals surface area contributed by atoms with Crippen molar-refractivity contribution in [2.75, 3.05) is 17.7 Å². The van der Waals surface area contributed by atoms with Gasteiger partial charge in [-0.2, -0.15) is 0 Å². The molecule has 174 valence electrons. The predicted molar refractivity (Wildman–Crippen MR) is 122 cm³/mol. The van der Waals surface area contributed by atoms with Gasteiger partial charge < -0.3 is 20.1 Å². The van der Waals surface area contributed by atoms with Crippen LogP contribution in [0.5, 0.6) is 11.5 Å². The summed E-state index contributed by atoms with van der Waals surface area (Å²) >= 11 is 1.61. The molecule has 33 heavy (non-hydrogen) atoms. The molecule has 0 radical (unpaired) electrons. The van der Waals surface area contributed by atoms with E-state index in [2.05, 4.69) is 20.4 Å². The Hall–Kier alpha value is -3.40. The lowest BCUT2D eigenvalue weighted by Gasteiger charge is -2.12. The van der Waals surface area contributed by atoms with Crippen LogP contribution in [-0.4, -0.2) is 24.5 Å². The van der Waals surface area contributed by atoms with E-state index in [1.807, 2.05) is 26.0 Å². The van der Waals surface area contributed by atoms with Crippen LogP contribution in [0.25, 0.3) is 0 Å². The zero-order chi connectivity index (χ0) is 24.0. The number of aryl methyl sites for hydroxylation is 1. The maximum Gasteiger partial charge on any atom is 0.573 e. The molecule has 0 atom stereocenters. The highest BCUT2D eigenvalue weighted by Gasteiger charge is 2.30. The van der Waals surface area contributed by atoms with Gasteiger partial charge in [-0.05, 0) is 62.4 Å². The Morgan fingerprint density at radius 1 is 1.00 bits per heavy atom. The molecule has 3 aromatic rings. The topological polar surface area (TPSA) is 72.5 Å². The van der Waals surface area contributed by atoms with Crippen molar-refractivity contribution in [3.63, 3.8) is 0 Å².